The molecule has 0 saturated heterocycles. The van der Waals surface area contributed by atoms with Crippen molar-refractivity contribution in [3.63, 3.8) is 0 Å². The second kappa shape index (κ2) is 9.67. The zero-order valence-electron chi connectivity index (χ0n) is 16.7. The van der Waals surface area contributed by atoms with Gasteiger partial charge in [-0.3, -0.25) is 15.0 Å². The summed E-state index contributed by atoms with van der Waals surface area (Å²) in [4.78, 5) is 27.7. The Morgan fingerprint density at radius 3 is 2.48 bits per heavy atom. The maximum absolute atomic E-state index is 12.4. The summed E-state index contributed by atoms with van der Waals surface area (Å²) in [5, 5.41) is 5.04. The quantitative estimate of drug-likeness (QED) is 0.705. The molecule has 2 aromatic carbocycles. The van der Waals surface area contributed by atoms with Gasteiger partial charge in [-0.15, -0.1) is 11.8 Å². The number of thioether (sulfide) groups is 1. The summed E-state index contributed by atoms with van der Waals surface area (Å²) in [6.07, 6.45) is 2.03. The average Bonchev–Trinajstić information content (AvgIpc) is 2.73. The summed E-state index contributed by atoms with van der Waals surface area (Å²) < 4.78 is 10.9. The van der Waals surface area contributed by atoms with E-state index in [2.05, 4.69) is 22.8 Å². The highest BCUT2D eigenvalue weighted by Crippen LogP contribution is 2.32. The maximum atomic E-state index is 12.4. The highest BCUT2D eigenvalue weighted by molar-refractivity contribution is 7.98. The number of nitrogens with one attached hydrogen (secondary N) is 2. The number of hydrogen-bond acceptors (Lipinski definition) is 6. The maximum Gasteiger partial charge on any atom is 0.325 e. The van der Waals surface area contributed by atoms with Gasteiger partial charge in [-0.05, 0) is 50.1 Å². The lowest BCUT2D eigenvalue weighted by molar-refractivity contribution is -0.124. The molecule has 0 bridgehead atoms. The largest absolute Gasteiger partial charge is 0.486 e. The number of carbonyl (C=O) groups excluding carboxylic acids is 2. The van der Waals surface area contributed by atoms with E-state index in [0.717, 1.165) is 5.56 Å². The van der Waals surface area contributed by atoms with E-state index in [1.54, 1.807) is 36.9 Å². The summed E-state index contributed by atoms with van der Waals surface area (Å²) in [6.45, 7) is 3.34. The van der Waals surface area contributed by atoms with Crippen LogP contribution in [0.5, 0.6) is 11.5 Å². The molecule has 154 valence electrons. The number of urea groups is 1. The Kier molecular flexibility index (Phi) is 7.00. The Hall–Kier alpha value is -2.71. The summed E-state index contributed by atoms with van der Waals surface area (Å²) in [7, 11) is 1.85. The van der Waals surface area contributed by atoms with Crippen LogP contribution in [-0.2, 0) is 11.3 Å². The van der Waals surface area contributed by atoms with Crippen molar-refractivity contribution in [3.05, 3.63) is 48.0 Å². The van der Waals surface area contributed by atoms with Crippen LogP contribution in [0, 0.1) is 0 Å². The van der Waals surface area contributed by atoms with Gasteiger partial charge in [0.15, 0.2) is 11.5 Å². The minimum absolute atomic E-state index is 0.372. The highest BCUT2D eigenvalue weighted by atomic mass is 32.2. The third kappa shape index (κ3) is 5.65. The van der Waals surface area contributed by atoms with Gasteiger partial charge in [0.2, 0.25) is 5.91 Å². The minimum Gasteiger partial charge on any atom is -0.486 e. The number of hydrogen-bond donors (Lipinski definition) is 2. The number of benzene rings is 2. The lowest BCUT2D eigenvalue weighted by Gasteiger charge is -2.24. The van der Waals surface area contributed by atoms with Gasteiger partial charge in [-0.1, -0.05) is 12.1 Å². The molecule has 7 nitrogen and oxygen atoms in total. The molecule has 2 N–H and O–H groups in total. The highest BCUT2D eigenvalue weighted by Gasteiger charge is 2.21. The lowest BCUT2D eigenvalue weighted by atomic mass is 10.2. The van der Waals surface area contributed by atoms with Crippen molar-refractivity contribution in [1.29, 1.82) is 0 Å². The first-order valence-corrected chi connectivity index (χ1v) is 10.5. The molecule has 0 fully saturated rings. The van der Waals surface area contributed by atoms with Gasteiger partial charge in [0.1, 0.15) is 13.2 Å². The zero-order valence-corrected chi connectivity index (χ0v) is 17.5. The molecule has 3 rings (SSSR count). The van der Waals surface area contributed by atoms with Crippen molar-refractivity contribution < 1.29 is 19.1 Å². The number of carbonyl (C=O) groups is 2. The molecule has 0 saturated carbocycles. The van der Waals surface area contributed by atoms with Crippen LogP contribution in [0.1, 0.15) is 12.5 Å². The Bertz CT molecular complexity index is 873. The van der Waals surface area contributed by atoms with E-state index in [1.165, 1.54) is 4.90 Å². The van der Waals surface area contributed by atoms with Gasteiger partial charge in [-0.2, -0.15) is 0 Å². The topological polar surface area (TPSA) is 79.9 Å². The van der Waals surface area contributed by atoms with Crippen molar-refractivity contribution in [1.82, 2.24) is 10.2 Å². The van der Waals surface area contributed by atoms with Crippen LogP contribution in [0.3, 0.4) is 0 Å². The van der Waals surface area contributed by atoms with Crippen molar-refractivity contribution >= 4 is 29.4 Å². The fourth-order valence-electron chi connectivity index (χ4n) is 2.86. The van der Waals surface area contributed by atoms with Crippen LogP contribution in [0.2, 0.25) is 0 Å². The van der Waals surface area contributed by atoms with Gasteiger partial charge in [0.05, 0.1) is 6.04 Å². The van der Waals surface area contributed by atoms with Crippen LogP contribution >= 0.6 is 11.8 Å². The Labute approximate surface area is 174 Å². The molecule has 29 heavy (non-hydrogen) atoms. The third-order valence-electron chi connectivity index (χ3n) is 4.67. The van der Waals surface area contributed by atoms with Crippen molar-refractivity contribution in [2.24, 2.45) is 0 Å². The standard InChI is InChI=1S/C21H25N3O4S/c1-14(24(2)13-15-4-7-17(29-3)8-5-15)20(25)23-21(26)22-16-6-9-18-19(12-16)28-11-10-27-18/h4-9,12,14H,10-11,13H2,1-3H3,(H2,22,23,25,26)/t14-/m1/s1. The smallest absolute Gasteiger partial charge is 0.325 e. The third-order valence-corrected chi connectivity index (χ3v) is 5.41. The predicted octanol–water partition coefficient (Wildman–Crippen LogP) is 3.35. The number of imide groups is 1. The first kappa shape index (κ1) is 21.0. The van der Waals surface area contributed by atoms with Crippen LogP contribution in [-0.4, -0.2) is 49.4 Å². The van der Waals surface area contributed by atoms with E-state index in [4.69, 9.17) is 9.47 Å². The predicted molar refractivity (Wildman–Crippen MR) is 114 cm³/mol. The normalized spacial score (nSPS) is 13.7. The van der Waals surface area contributed by atoms with Gasteiger partial charge in [0, 0.05) is 23.2 Å². The second-order valence-electron chi connectivity index (χ2n) is 6.74. The molecule has 1 atom stereocenters. The van der Waals surface area contributed by atoms with Crippen molar-refractivity contribution in [2.45, 2.75) is 24.4 Å². The number of likely N-dealkylation sites (N-methyl/N-ethyl adjacent to an activating group) is 1. The Balaban J connectivity index is 1.52. The first-order valence-electron chi connectivity index (χ1n) is 9.31. The molecular formula is C21H25N3O4S. The second-order valence-corrected chi connectivity index (χ2v) is 7.62. The van der Waals surface area contributed by atoms with E-state index < -0.39 is 12.1 Å². The summed E-state index contributed by atoms with van der Waals surface area (Å²) in [5.41, 5.74) is 1.63. The Morgan fingerprint density at radius 1 is 1.10 bits per heavy atom. The van der Waals surface area contributed by atoms with Crippen molar-refractivity contribution in [2.75, 3.05) is 31.8 Å². The van der Waals surface area contributed by atoms with E-state index in [0.29, 0.717) is 36.9 Å². The molecule has 8 heteroatoms. The minimum atomic E-state index is -0.587. The van der Waals surface area contributed by atoms with Crippen LogP contribution in [0.4, 0.5) is 10.5 Å². The molecule has 0 unspecified atom stereocenters. The SMILES string of the molecule is CSc1ccc(CN(C)[C@H](C)C(=O)NC(=O)Nc2ccc3c(c2)OCCO3)cc1. The molecule has 0 aromatic heterocycles. The molecule has 0 spiro atoms. The van der Waals surface area contributed by atoms with Crippen molar-refractivity contribution in [3.8, 4) is 11.5 Å². The van der Waals surface area contributed by atoms with Gasteiger partial charge in [0.25, 0.3) is 0 Å². The van der Waals surface area contributed by atoms with Gasteiger partial charge in [-0.25, -0.2) is 4.79 Å². The number of anilines is 1. The Morgan fingerprint density at radius 2 is 1.79 bits per heavy atom. The molecule has 2 aromatic rings. The number of fused-ring (bicyclic) bond motifs is 1. The summed E-state index contributed by atoms with van der Waals surface area (Å²) >= 11 is 1.69. The van der Waals surface area contributed by atoms with E-state index in [1.807, 2.05) is 30.3 Å². The van der Waals surface area contributed by atoms with Crippen LogP contribution in [0.15, 0.2) is 47.4 Å². The average molecular weight is 416 g/mol. The molecule has 1 aliphatic rings. The molecule has 1 heterocycles. The van der Waals surface area contributed by atoms with Crippen LogP contribution < -0.4 is 20.1 Å². The van der Waals surface area contributed by atoms with E-state index in [-0.39, 0.29) is 5.91 Å². The van der Waals surface area contributed by atoms with Gasteiger partial charge >= 0.3 is 6.03 Å². The number of nitrogens with zero attached hydrogens (tertiary/aromatic N) is 1. The first-order chi connectivity index (χ1) is 14.0. The molecule has 0 radical (unpaired) electrons. The summed E-state index contributed by atoms with van der Waals surface area (Å²) in [5.74, 6) is 0.836. The fourth-order valence-corrected chi connectivity index (χ4v) is 3.26. The number of amides is 3. The monoisotopic (exact) mass is 415 g/mol. The molecular weight excluding hydrogens is 390 g/mol. The number of rotatable bonds is 6. The molecule has 0 aliphatic carbocycles. The number of ether oxygens (including phenoxy) is 2. The van der Waals surface area contributed by atoms with Crippen LogP contribution in [0.25, 0.3) is 0 Å². The van der Waals surface area contributed by atoms with E-state index in [9.17, 15) is 9.59 Å². The van der Waals surface area contributed by atoms with Gasteiger partial charge < -0.3 is 14.8 Å². The molecule has 1 aliphatic heterocycles. The fraction of sp³-hybridized carbons (Fsp3) is 0.333. The lowest BCUT2D eigenvalue weighted by Crippen LogP contribution is -2.46. The molecule has 3 amide bonds. The summed E-state index contributed by atoms with van der Waals surface area (Å²) in [6, 6.07) is 12.2. The van der Waals surface area contributed by atoms with E-state index >= 15 is 0 Å². The zero-order chi connectivity index (χ0) is 20.8.